The average molecular weight is 248 g/mol. The van der Waals surface area contributed by atoms with Crippen molar-refractivity contribution in [3.05, 3.63) is 46.0 Å². The van der Waals surface area contributed by atoms with Crippen molar-refractivity contribution in [2.75, 3.05) is 0 Å². The van der Waals surface area contributed by atoms with Gasteiger partial charge in [-0.15, -0.1) is 10.2 Å². The van der Waals surface area contributed by atoms with Crippen molar-refractivity contribution >= 4 is 17.2 Å². The normalized spacial score (nSPS) is 10.9. The smallest absolute Gasteiger partial charge is 0.192 e. The first-order valence-electron chi connectivity index (χ1n) is 4.81. The van der Waals surface area contributed by atoms with Gasteiger partial charge < -0.3 is 4.98 Å². The van der Waals surface area contributed by atoms with E-state index in [4.69, 9.17) is 11.6 Å². The Bertz CT molecular complexity index is 748. The number of pyridine rings is 1. The molecule has 0 saturated carbocycles. The molecule has 84 valence electrons. The molecular weight excluding hydrogens is 242 g/mol. The largest absolute Gasteiger partial charge is 0.367 e. The molecule has 0 saturated heterocycles. The van der Waals surface area contributed by atoms with Gasteiger partial charge in [0.2, 0.25) is 0 Å². The Labute approximate surface area is 99.9 Å². The molecule has 0 amide bonds. The van der Waals surface area contributed by atoms with Gasteiger partial charge in [-0.2, -0.15) is 9.61 Å². The van der Waals surface area contributed by atoms with Gasteiger partial charge in [0.05, 0.1) is 5.56 Å². The molecule has 3 rings (SSSR count). The van der Waals surface area contributed by atoms with Gasteiger partial charge >= 0.3 is 0 Å². The van der Waals surface area contributed by atoms with Crippen LogP contribution in [0.4, 0.5) is 0 Å². The Morgan fingerprint density at radius 3 is 2.94 bits per heavy atom. The number of aromatic nitrogens is 5. The van der Waals surface area contributed by atoms with Gasteiger partial charge in [0.1, 0.15) is 5.15 Å². The zero-order valence-electron chi connectivity index (χ0n) is 8.46. The van der Waals surface area contributed by atoms with Gasteiger partial charge in [-0.1, -0.05) is 11.6 Å². The van der Waals surface area contributed by atoms with E-state index in [-0.39, 0.29) is 5.43 Å². The molecule has 0 unspecified atom stereocenters. The molecule has 0 atom stereocenters. The highest BCUT2D eigenvalue weighted by molar-refractivity contribution is 6.29. The van der Waals surface area contributed by atoms with Gasteiger partial charge in [-0.3, -0.25) is 4.79 Å². The molecule has 3 aromatic rings. The maximum atomic E-state index is 11.7. The highest BCUT2D eigenvalue weighted by Gasteiger charge is 2.12. The van der Waals surface area contributed by atoms with Crippen molar-refractivity contribution < 1.29 is 0 Å². The average Bonchev–Trinajstić information content (AvgIpc) is 2.72. The number of nitrogens with one attached hydrogen (secondary N) is 1. The second-order valence-corrected chi connectivity index (χ2v) is 3.76. The Kier molecular flexibility index (Phi) is 2.15. The van der Waals surface area contributed by atoms with Crippen LogP contribution in [0.25, 0.3) is 17.0 Å². The van der Waals surface area contributed by atoms with Crippen molar-refractivity contribution in [2.45, 2.75) is 0 Å². The number of H-pyrrole nitrogens is 1. The van der Waals surface area contributed by atoms with Crippen LogP contribution in [-0.2, 0) is 0 Å². The first-order valence-corrected chi connectivity index (χ1v) is 5.19. The van der Waals surface area contributed by atoms with E-state index in [2.05, 4.69) is 20.3 Å². The molecule has 0 radical (unpaired) electrons. The first kappa shape index (κ1) is 9.98. The molecule has 1 N–H and O–H groups in total. The van der Waals surface area contributed by atoms with E-state index >= 15 is 0 Å². The van der Waals surface area contributed by atoms with Crippen LogP contribution in [0.15, 0.2) is 35.4 Å². The summed E-state index contributed by atoms with van der Waals surface area (Å²) in [5, 5.41) is 12.2. The summed E-state index contributed by atoms with van der Waals surface area (Å²) in [5.41, 5.74) is 0.780. The maximum Gasteiger partial charge on any atom is 0.192 e. The lowest BCUT2D eigenvalue weighted by atomic mass is 10.2. The number of aromatic amines is 1. The highest BCUT2D eigenvalue weighted by atomic mass is 35.5. The topological polar surface area (TPSA) is 75.9 Å². The van der Waals surface area contributed by atoms with E-state index in [0.29, 0.717) is 22.2 Å². The molecule has 7 heteroatoms. The molecule has 0 spiro atoms. The Morgan fingerprint density at radius 2 is 2.12 bits per heavy atom. The van der Waals surface area contributed by atoms with Gasteiger partial charge in [-0.05, 0) is 12.1 Å². The van der Waals surface area contributed by atoms with E-state index < -0.39 is 0 Å². The van der Waals surface area contributed by atoms with E-state index in [1.165, 1.54) is 10.6 Å². The summed E-state index contributed by atoms with van der Waals surface area (Å²) < 4.78 is 1.44. The lowest BCUT2D eigenvalue weighted by Crippen LogP contribution is -2.06. The van der Waals surface area contributed by atoms with E-state index in [0.717, 1.165) is 0 Å². The van der Waals surface area contributed by atoms with Gasteiger partial charge in [-0.25, -0.2) is 0 Å². The van der Waals surface area contributed by atoms with Crippen molar-refractivity contribution in [3.63, 3.8) is 0 Å². The molecule has 0 aromatic carbocycles. The summed E-state index contributed by atoms with van der Waals surface area (Å²) in [5.74, 6) is 0.365. The fourth-order valence-corrected chi connectivity index (χ4v) is 1.66. The van der Waals surface area contributed by atoms with Crippen LogP contribution in [0.1, 0.15) is 0 Å². The summed E-state index contributed by atoms with van der Waals surface area (Å²) in [4.78, 5) is 14.5. The molecule has 0 aliphatic rings. The number of hydrogen-bond acceptors (Lipinski definition) is 4. The quantitative estimate of drug-likeness (QED) is 0.699. The third-order valence-corrected chi connectivity index (χ3v) is 2.50. The van der Waals surface area contributed by atoms with Crippen LogP contribution in [-0.4, -0.2) is 24.8 Å². The van der Waals surface area contributed by atoms with E-state index in [1.807, 2.05) is 0 Å². The third-order valence-electron chi connectivity index (χ3n) is 2.30. The van der Waals surface area contributed by atoms with E-state index in [1.54, 1.807) is 24.5 Å². The van der Waals surface area contributed by atoms with Gasteiger partial charge in [0, 0.05) is 18.5 Å². The summed E-state index contributed by atoms with van der Waals surface area (Å²) in [6.45, 7) is 0. The minimum absolute atomic E-state index is 0.153. The first-order chi connectivity index (χ1) is 8.25. The molecule has 0 aliphatic carbocycles. The lowest BCUT2D eigenvalue weighted by molar-refractivity contribution is 0.933. The molecule has 0 fully saturated rings. The predicted octanol–water partition coefficient (Wildman–Crippen LogP) is 1.13. The standard InChI is InChI=1S/C10H6ClN5O/c11-8-1-2-9-13-14-10(16(9)15-8)6-5-12-4-3-7(6)17/h1-5H,(H,12,17). The van der Waals surface area contributed by atoms with Crippen LogP contribution in [0.2, 0.25) is 5.15 Å². The SMILES string of the molecule is O=c1cc[nH]cc1-c1nnc2ccc(Cl)nn12. The fourth-order valence-electron chi connectivity index (χ4n) is 1.53. The lowest BCUT2D eigenvalue weighted by Gasteiger charge is -1.97. The minimum Gasteiger partial charge on any atom is -0.367 e. The molecule has 17 heavy (non-hydrogen) atoms. The van der Waals surface area contributed by atoms with Crippen molar-refractivity contribution in [1.82, 2.24) is 24.8 Å². The van der Waals surface area contributed by atoms with Crippen LogP contribution >= 0.6 is 11.6 Å². The van der Waals surface area contributed by atoms with Crippen molar-refractivity contribution in [2.24, 2.45) is 0 Å². The summed E-state index contributed by atoms with van der Waals surface area (Å²) in [6.07, 6.45) is 3.11. The number of hydrogen-bond donors (Lipinski definition) is 1. The second kappa shape index (κ2) is 3.67. The fraction of sp³-hybridized carbons (Fsp3) is 0. The minimum atomic E-state index is -0.153. The van der Waals surface area contributed by atoms with Crippen molar-refractivity contribution in [1.29, 1.82) is 0 Å². The Hall–Kier alpha value is -2.21. The van der Waals surface area contributed by atoms with Gasteiger partial charge in [0.15, 0.2) is 16.9 Å². The number of rotatable bonds is 1. The predicted molar refractivity (Wildman–Crippen MR) is 61.8 cm³/mol. The summed E-state index contributed by atoms with van der Waals surface area (Å²) >= 11 is 5.80. The van der Waals surface area contributed by atoms with Crippen molar-refractivity contribution in [3.8, 4) is 11.4 Å². The summed E-state index contributed by atoms with van der Waals surface area (Å²) in [7, 11) is 0. The van der Waals surface area contributed by atoms with E-state index in [9.17, 15) is 4.79 Å². The summed E-state index contributed by atoms with van der Waals surface area (Å²) in [6, 6.07) is 4.72. The maximum absolute atomic E-state index is 11.7. The number of fused-ring (bicyclic) bond motifs is 1. The van der Waals surface area contributed by atoms with Crippen LogP contribution in [0.5, 0.6) is 0 Å². The van der Waals surface area contributed by atoms with Crippen LogP contribution in [0.3, 0.4) is 0 Å². The zero-order valence-corrected chi connectivity index (χ0v) is 9.22. The molecule has 0 bridgehead atoms. The van der Waals surface area contributed by atoms with Crippen LogP contribution < -0.4 is 5.43 Å². The molecule has 3 aromatic heterocycles. The molecule has 0 aliphatic heterocycles. The number of halogens is 1. The molecule has 6 nitrogen and oxygen atoms in total. The molecular formula is C10H6ClN5O. The third kappa shape index (κ3) is 1.58. The van der Waals surface area contributed by atoms with Gasteiger partial charge in [0.25, 0.3) is 0 Å². The Balaban J connectivity index is 2.35. The second-order valence-electron chi connectivity index (χ2n) is 3.37. The highest BCUT2D eigenvalue weighted by Crippen LogP contribution is 2.14. The monoisotopic (exact) mass is 247 g/mol. The molecule has 3 heterocycles. The number of nitrogens with zero attached hydrogens (tertiary/aromatic N) is 4. The van der Waals surface area contributed by atoms with Crippen LogP contribution in [0, 0.1) is 0 Å². The zero-order chi connectivity index (χ0) is 11.8. The Morgan fingerprint density at radius 1 is 1.24 bits per heavy atom.